The fraction of sp³-hybridized carbons (Fsp3) is 0.360. The van der Waals surface area contributed by atoms with Crippen molar-refractivity contribution in [2.45, 2.75) is 44.9 Å². The molecule has 0 spiro atoms. The van der Waals surface area contributed by atoms with Gasteiger partial charge >= 0.3 is 0 Å². The molecule has 3 aromatic rings. The quantitative estimate of drug-likeness (QED) is 0.569. The van der Waals surface area contributed by atoms with Crippen molar-refractivity contribution in [2.24, 2.45) is 0 Å². The van der Waals surface area contributed by atoms with Crippen LogP contribution < -0.4 is 10.1 Å². The standard InChI is InChI=1S/C25H29N3O4S/c1-4-32-23-11-9-20(16-24(23)33(30,31)28-12-6-5-7-13-28)27-25(29)21-15-19-14-17(2)8-10-22(19)26-18(21)3/h8-11,14-16H,4-7,12-13H2,1-3H3,(H,27,29). The van der Waals surface area contributed by atoms with Crippen LogP contribution in [-0.4, -0.2) is 43.3 Å². The zero-order valence-electron chi connectivity index (χ0n) is 19.2. The summed E-state index contributed by atoms with van der Waals surface area (Å²) in [5.74, 6) is -0.0472. The van der Waals surface area contributed by atoms with Gasteiger partial charge in [0.25, 0.3) is 5.91 Å². The lowest BCUT2D eigenvalue weighted by Crippen LogP contribution is -2.35. The Kier molecular flexibility index (Phi) is 6.67. The van der Waals surface area contributed by atoms with E-state index in [1.165, 1.54) is 10.4 Å². The molecule has 0 saturated carbocycles. The summed E-state index contributed by atoms with van der Waals surface area (Å²) in [4.78, 5) is 17.7. The van der Waals surface area contributed by atoms with Crippen molar-refractivity contribution in [3.63, 3.8) is 0 Å². The molecule has 174 valence electrons. The molecule has 1 aromatic heterocycles. The highest BCUT2D eigenvalue weighted by molar-refractivity contribution is 7.89. The maximum atomic E-state index is 13.3. The Morgan fingerprint density at radius 2 is 1.82 bits per heavy atom. The van der Waals surface area contributed by atoms with Crippen LogP contribution in [0.5, 0.6) is 5.75 Å². The minimum absolute atomic E-state index is 0.0769. The zero-order chi connectivity index (χ0) is 23.6. The van der Waals surface area contributed by atoms with E-state index < -0.39 is 10.0 Å². The first-order chi connectivity index (χ1) is 15.8. The second-order valence-corrected chi connectivity index (χ2v) is 10.2. The van der Waals surface area contributed by atoms with Gasteiger partial charge in [-0.2, -0.15) is 4.31 Å². The number of carbonyl (C=O) groups is 1. The van der Waals surface area contributed by atoms with Gasteiger partial charge in [-0.15, -0.1) is 0 Å². The van der Waals surface area contributed by atoms with Gasteiger partial charge in [0.1, 0.15) is 10.6 Å². The van der Waals surface area contributed by atoms with E-state index in [1.54, 1.807) is 19.1 Å². The molecule has 2 aromatic carbocycles. The van der Waals surface area contributed by atoms with Crippen LogP contribution >= 0.6 is 0 Å². The van der Waals surface area contributed by atoms with Crippen LogP contribution in [0.3, 0.4) is 0 Å². The number of amides is 1. The van der Waals surface area contributed by atoms with Gasteiger partial charge in [-0.1, -0.05) is 18.1 Å². The zero-order valence-corrected chi connectivity index (χ0v) is 20.0. The van der Waals surface area contributed by atoms with Crippen molar-refractivity contribution in [3.05, 3.63) is 59.3 Å². The van der Waals surface area contributed by atoms with Crippen LogP contribution in [-0.2, 0) is 10.0 Å². The van der Waals surface area contributed by atoms with E-state index in [4.69, 9.17) is 4.74 Å². The van der Waals surface area contributed by atoms with Crippen molar-refractivity contribution in [1.82, 2.24) is 9.29 Å². The third kappa shape index (κ3) is 4.86. The summed E-state index contributed by atoms with van der Waals surface area (Å²) in [6.07, 6.45) is 2.71. The van der Waals surface area contributed by atoms with Crippen LogP contribution in [0.2, 0.25) is 0 Å². The minimum Gasteiger partial charge on any atom is -0.492 e. The third-order valence-electron chi connectivity index (χ3n) is 5.84. The molecule has 33 heavy (non-hydrogen) atoms. The highest BCUT2D eigenvalue weighted by Gasteiger charge is 2.29. The summed E-state index contributed by atoms with van der Waals surface area (Å²) < 4.78 is 33.8. The van der Waals surface area contributed by atoms with Gasteiger partial charge in [0.15, 0.2) is 0 Å². The fourth-order valence-electron chi connectivity index (χ4n) is 4.13. The molecule has 0 atom stereocenters. The predicted octanol–water partition coefficient (Wildman–Crippen LogP) is 4.68. The van der Waals surface area contributed by atoms with Crippen LogP contribution in [0.15, 0.2) is 47.4 Å². The number of benzene rings is 2. The number of rotatable bonds is 6. The maximum absolute atomic E-state index is 13.3. The number of carbonyl (C=O) groups excluding carboxylic acids is 1. The van der Waals surface area contributed by atoms with E-state index >= 15 is 0 Å². The largest absolute Gasteiger partial charge is 0.492 e. The van der Waals surface area contributed by atoms with Gasteiger partial charge in [-0.3, -0.25) is 9.78 Å². The lowest BCUT2D eigenvalue weighted by molar-refractivity contribution is 0.102. The van der Waals surface area contributed by atoms with Gasteiger partial charge in [-0.05, 0) is 70.0 Å². The minimum atomic E-state index is -3.73. The first-order valence-electron chi connectivity index (χ1n) is 11.3. The number of pyridine rings is 1. The van der Waals surface area contributed by atoms with Gasteiger partial charge in [-0.25, -0.2) is 8.42 Å². The number of ether oxygens (including phenoxy) is 1. The Morgan fingerprint density at radius 1 is 1.06 bits per heavy atom. The Balaban J connectivity index is 1.67. The average Bonchev–Trinajstić information content (AvgIpc) is 2.80. The number of hydrogen-bond acceptors (Lipinski definition) is 5. The molecule has 1 fully saturated rings. The molecule has 0 unspecified atom stereocenters. The van der Waals surface area contributed by atoms with E-state index in [-0.39, 0.29) is 10.8 Å². The normalized spacial score (nSPS) is 14.9. The van der Waals surface area contributed by atoms with Gasteiger partial charge in [0, 0.05) is 24.2 Å². The molecule has 0 aliphatic carbocycles. The molecular weight excluding hydrogens is 438 g/mol. The Labute approximate surface area is 194 Å². The van der Waals surface area contributed by atoms with E-state index in [2.05, 4.69) is 10.3 Å². The summed E-state index contributed by atoms with van der Waals surface area (Å²) >= 11 is 0. The smallest absolute Gasteiger partial charge is 0.257 e. The fourth-order valence-corrected chi connectivity index (χ4v) is 5.80. The third-order valence-corrected chi connectivity index (χ3v) is 7.76. The van der Waals surface area contributed by atoms with Crippen LogP contribution in [0.4, 0.5) is 5.69 Å². The molecule has 1 aliphatic heterocycles. The average molecular weight is 468 g/mol. The van der Waals surface area contributed by atoms with E-state index in [9.17, 15) is 13.2 Å². The molecule has 1 aliphatic rings. The summed E-state index contributed by atoms with van der Waals surface area (Å²) in [6, 6.07) is 12.5. The second-order valence-electron chi connectivity index (χ2n) is 8.33. The maximum Gasteiger partial charge on any atom is 0.257 e. The lowest BCUT2D eigenvalue weighted by atomic mass is 10.1. The number of aromatic nitrogens is 1. The molecule has 0 radical (unpaired) electrons. The van der Waals surface area contributed by atoms with E-state index in [1.807, 2.05) is 38.1 Å². The molecule has 1 saturated heterocycles. The van der Waals surface area contributed by atoms with Gasteiger partial charge in [0.05, 0.1) is 23.4 Å². The lowest BCUT2D eigenvalue weighted by Gasteiger charge is -2.27. The number of sulfonamides is 1. The highest BCUT2D eigenvalue weighted by atomic mass is 32.2. The summed E-state index contributed by atoms with van der Waals surface area (Å²) in [5.41, 5.74) is 3.35. The summed E-state index contributed by atoms with van der Waals surface area (Å²) in [5, 5.41) is 3.73. The molecule has 1 N–H and O–H groups in total. The number of aryl methyl sites for hydroxylation is 2. The Morgan fingerprint density at radius 3 is 2.55 bits per heavy atom. The van der Waals surface area contributed by atoms with Crippen LogP contribution in [0, 0.1) is 13.8 Å². The van der Waals surface area contributed by atoms with Crippen molar-refractivity contribution in [1.29, 1.82) is 0 Å². The molecule has 1 amide bonds. The monoisotopic (exact) mass is 467 g/mol. The van der Waals surface area contributed by atoms with Gasteiger partial charge < -0.3 is 10.1 Å². The predicted molar refractivity (Wildman–Crippen MR) is 129 cm³/mol. The number of nitrogens with one attached hydrogen (secondary N) is 1. The Bertz CT molecular complexity index is 1300. The molecule has 8 heteroatoms. The SMILES string of the molecule is CCOc1ccc(NC(=O)c2cc3cc(C)ccc3nc2C)cc1S(=O)(=O)N1CCCCC1. The van der Waals surface area contributed by atoms with Crippen LogP contribution in [0.25, 0.3) is 10.9 Å². The first-order valence-corrected chi connectivity index (χ1v) is 12.7. The first kappa shape index (κ1) is 23.2. The number of hydrogen-bond donors (Lipinski definition) is 1. The van der Waals surface area contributed by atoms with E-state index in [0.717, 1.165) is 35.7 Å². The van der Waals surface area contributed by atoms with Crippen molar-refractivity contribution in [3.8, 4) is 5.75 Å². The van der Waals surface area contributed by atoms with E-state index in [0.29, 0.717) is 42.4 Å². The highest BCUT2D eigenvalue weighted by Crippen LogP contribution is 2.32. The molecule has 7 nitrogen and oxygen atoms in total. The van der Waals surface area contributed by atoms with Gasteiger partial charge in [0.2, 0.25) is 10.0 Å². The molecule has 4 rings (SSSR count). The Hall–Kier alpha value is -2.97. The number of anilines is 1. The van der Waals surface area contributed by atoms with Crippen molar-refractivity contribution < 1.29 is 17.9 Å². The molecule has 2 heterocycles. The number of nitrogens with zero attached hydrogens (tertiary/aromatic N) is 2. The second kappa shape index (κ2) is 9.49. The molecular formula is C25H29N3O4S. The number of piperidine rings is 1. The van der Waals surface area contributed by atoms with Crippen molar-refractivity contribution >= 4 is 32.5 Å². The summed E-state index contributed by atoms with van der Waals surface area (Å²) in [7, 11) is -3.73. The summed E-state index contributed by atoms with van der Waals surface area (Å²) in [6.45, 7) is 6.92. The van der Waals surface area contributed by atoms with Crippen LogP contribution in [0.1, 0.15) is 47.8 Å². The number of fused-ring (bicyclic) bond motifs is 1. The van der Waals surface area contributed by atoms with Crippen molar-refractivity contribution in [2.75, 3.05) is 25.0 Å². The molecule has 0 bridgehead atoms. The topological polar surface area (TPSA) is 88.6 Å².